The number of carbonyl (C=O) groups excluding carboxylic acids is 1. The van der Waals surface area contributed by atoms with Gasteiger partial charge in [0.2, 0.25) is 5.91 Å². The highest BCUT2D eigenvalue weighted by Gasteiger charge is 1.99. The number of hydrogen-bond acceptors (Lipinski definition) is 3. The van der Waals surface area contributed by atoms with Crippen molar-refractivity contribution in [2.75, 3.05) is 32.6 Å². The summed E-state index contributed by atoms with van der Waals surface area (Å²) in [4.78, 5) is 13.9. The number of likely N-dealkylation sites (N-methyl/N-ethyl adjacent to an activating group) is 1. The van der Waals surface area contributed by atoms with Crippen LogP contribution in [0.15, 0.2) is 60.7 Å². The summed E-state index contributed by atoms with van der Waals surface area (Å²) in [7, 11) is 4.01. The Balaban J connectivity index is 0.00000288. The molecule has 0 aliphatic heterocycles. The Labute approximate surface area is 149 Å². The van der Waals surface area contributed by atoms with E-state index in [0.29, 0.717) is 6.61 Å². The Hall–Kier alpha value is -2.30. The maximum Gasteiger partial charge on any atom is 0.248 e. The highest BCUT2D eigenvalue weighted by molar-refractivity contribution is 6.01. The van der Waals surface area contributed by atoms with Gasteiger partial charge in [0.05, 0.1) is 0 Å². The number of ether oxygens (including phenoxy) is 1. The summed E-state index contributed by atoms with van der Waals surface area (Å²) in [6.07, 6.45) is 3.31. The lowest BCUT2D eigenvalue weighted by Crippen LogP contribution is -2.19. The fraction of sp³-hybridized carbons (Fsp3) is 0.211. The van der Waals surface area contributed by atoms with Crippen LogP contribution in [0.25, 0.3) is 6.08 Å². The summed E-state index contributed by atoms with van der Waals surface area (Å²) in [6, 6.07) is 17.1. The van der Waals surface area contributed by atoms with Gasteiger partial charge >= 0.3 is 0 Å². The molecular weight excluding hydrogens is 324 g/mol. The number of nitrogens with one attached hydrogen (secondary N) is 1. The quantitative estimate of drug-likeness (QED) is 0.777. The summed E-state index contributed by atoms with van der Waals surface area (Å²) >= 11 is 0. The van der Waals surface area contributed by atoms with E-state index in [1.54, 1.807) is 6.08 Å². The van der Waals surface area contributed by atoms with Crippen LogP contribution < -0.4 is 10.1 Å². The van der Waals surface area contributed by atoms with Crippen molar-refractivity contribution in [2.24, 2.45) is 0 Å². The molecule has 0 fully saturated rings. The Kier molecular flexibility index (Phi) is 8.61. The summed E-state index contributed by atoms with van der Waals surface area (Å²) in [5, 5.41) is 2.82. The van der Waals surface area contributed by atoms with E-state index in [-0.39, 0.29) is 18.3 Å². The zero-order chi connectivity index (χ0) is 16.5. The van der Waals surface area contributed by atoms with Crippen molar-refractivity contribution < 1.29 is 9.53 Å². The molecule has 0 radical (unpaired) electrons. The molecular formula is C19H23ClN2O2. The van der Waals surface area contributed by atoms with Gasteiger partial charge in [0.1, 0.15) is 12.4 Å². The van der Waals surface area contributed by atoms with Crippen LogP contribution in [-0.4, -0.2) is 38.1 Å². The van der Waals surface area contributed by atoms with Crippen LogP contribution in [-0.2, 0) is 4.79 Å². The fourth-order valence-electron chi connectivity index (χ4n) is 1.90. The molecule has 0 saturated carbocycles. The molecule has 0 aliphatic carbocycles. The second-order valence-corrected chi connectivity index (χ2v) is 5.41. The monoisotopic (exact) mass is 346 g/mol. The number of amides is 1. The molecule has 0 spiro atoms. The summed E-state index contributed by atoms with van der Waals surface area (Å²) in [5.41, 5.74) is 1.74. The predicted molar refractivity (Wildman–Crippen MR) is 102 cm³/mol. The van der Waals surface area contributed by atoms with Gasteiger partial charge in [0.15, 0.2) is 0 Å². The lowest BCUT2D eigenvalue weighted by molar-refractivity contribution is -0.111. The van der Waals surface area contributed by atoms with Crippen LogP contribution in [0.5, 0.6) is 5.75 Å². The van der Waals surface area contributed by atoms with Crippen molar-refractivity contribution in [1.29, 1.82) is 0 Å². The average molecular weight is 347 g/mol. The number of nitrogens with zero attached hydrogens (tertiary/aromatic N) is 1. The van der Waals surface area contributed by atoms with Crippen LogP contribution in [0.2, 0.25) is 0 Å². The van der Waals surface area contributed by atoms with E-state index < -0.39 is 0 Å². The van der Waals surface area contributed by atoms with Crippen molar-refractivity contribution in [1.82, 2.24) is 4.90 Å². The van der Waals surface area contributed by atoms with Crippen molar-refractivity contribution in [3.63, 3.8) is 0 Å². The third-order valence-electron chi connectivity index (χ3n) is 3.16. The molecule has 4 nitrogen and oxygen atoms in total. The van der Waals surface area contributed by atoms with Gasteiger partial charge in [0, 0.05) is 18.3 Å². The predicted octanol–water partition coefficient (Wildman–Crippen LogP) is 3.70. The van der Waals surface area contributed by atoms with Crippen molar-refractivity contribution in [2.45, 2.75) is 0 Å². The number of rotatable bonds is 7. The molecule has 0 heterocycles. The van der Waals surface area contributed by atoms with Gasteiger partial charge in [-0.3, -0.25) is 4.79 Å². The van der Waals surface area contributed by atoms with Crippen LogP contribution in [0, 0.1) is 0 Å². The summed E-state index contributed by atoms with van der Waals surface area (Å²) < 4.78 is 5.61. The fourth-order valence-corrected chi connectivity index (χ4v) is 1.90. The average Bonchev–Trinajstić information content (AvgIpc) is 2.55. The highest BCUT2D eigenvalue weighted by Crippen LogP contribution is 2.15. The molecule has 0 atom stereocenters. The van der Waals surface area contributed by atoms with E-state index in [1.165, 1.54) is 6.08 Å². The number of benzene rings is 2. The van der Waals surface area contributed by atoms with E-state index in [1.807, 2.05) is 68.7 Å². The molecule has 128 valence electrons. The van der Waals surface area contributed by atoms with Crippen LogP contribution in [0.3, 0.4) is 0 Å². The molecule has 2 rings (SSSR count). The van der Waals surface area contributed by atoms with Gasteiger partial charge in [-0.1, -0.05) is 30.3 Å². The smallest absolute Gasteiger partial charge is 0.248 e. The van der Waals surface area contributed by atoms with E-state index in [2.05, 4.69) is 10.2 Å². The first-order valence-electron chi connectivity index (χ1n) is 7.55. The van der Waals surface area contributed by atoms with Gasteiger partial charge in [-0.25, -0.2) is 0 Å². The first-order chi connectivity index (χ1) is 11.1. The molecule has 2 aromatic rings. The molecule has 2 aromatic carbocycles. The Morgan fingerprint density at radius 2 is 1.75 bits per heavy atom. The van der Waals surface area contributed by atoms with Gasteiger partial charge < -0.3 is 15.0 Å². The molecule has 1 N–H and O–H groups in total. The normalized spacial score (nSPS) is 10.5. The number of carbonyl (C=O) groups is 1. The minimum absolute atomic E-state index is 0. The molecule has 1 amide bonds. The third kappa shape index (κ3) is 7.31. The van der Waals surface area contributed by atoms with E-state index in [4.69, 9.17) is 4.74 Å². The maximum absolute atomic E-state index is 11.9. The van der Waals surface area contributed by atoms with Crippen molar-refractivity contribution in [3.05, 3.63) is 66.2 Å². The second kappa shape index (κ2) is 10.5. The molecule has 0 aromatic heterocycles. The Bertz CT molecular complexity index is 640. The van der Waals surface area contributed by atoms with Gasteiger partial charge in [-0.15, -0.1) is 12.4 Å². The Morgan fingerprint density at radius 1 is 1.08 bits per heavy atom. The van der Waals surface area contributed by atoms with Crippen molar-refractivity contribution >= 4 is 30.1 Å². The number of hydrogen-bond donors (Lipinski definition) is 1. The minimum atomic E-state index is -0.157. The van der Waals surface area contributed by atoms with E-state index in [0.717, 1.165) is 23.5 Å². The summed E-state index contributed by atoms with van der Waals surface area (Å²) in [6.45, 7) is 1.50. The largest absolute Gasteiger partial charge is 0.492 e. The van der Waals surface area contributed by atoms with Crippen LogP contribution in [0.4, 0.5) is 5.69 Å². The number of anilines is 1. The first-order valence-corrected chi connectivity index (χ1v) is 7.55. The van der Waals surface area contributed by atoms with E-state index in [9.17, 15) is 4.79 Å². The zero-order valence-electron chi connectivity index (χ0n) is 13.9. The molecule has 0 unspecified atom stereocenters. The van der Waals surface area contributed by atoms with Gasteiger partial charge in [-0.05, 0) is 50.0 Å². The lowest BCUT2D eigenvalue weighted by Gasteiger charge is -2.11. The van der Waals surface area contributed by atoms with Crippen LogP contribution >= 0.6 is 12.4 Å². The Morgan fingerprint density at radius 3 is 2.38 bits per heavy atom. The second-order valence-electron chi connectivity index (χ2n) is 5.41. The van der Waals surface area contributed by atoms with Gasteiger partial charge in [0.25, 0.3) is 0 Å². The molecule has 0 saturated heterocycles. The molecule has 0 aliphatic rings. The van der Waals surface area contributed by atoms with Crippen molar-refractivity contribution in [3.8, 4) is 5.75 Å². The SMILES string of the molecule is CN(C)CCOc1ccc(NC(=O)C=Cc2ccccc2)cc1.Cl. The number of halogens is 1. The van der Waals surface area contributed by atoms with Crippen LogP contribution in [0.1, 0.15) is 5.56 Å². The molecule has 0 bridgehead atoms. The molecule has 5 heteroatoms. The highest BCUT2D eigenvalue weighted by atomic mass is 35.5. The zero-order valence-corrected chi connectivity index (χ0v) is 14.8. The third-order valence-corrected chi connectivity index (χ3v) is 3.16. The molecule has 24 heavy (non-hydrogen) atoms. The topological polar surface area (TPSA) is 41.6 Å². The first kappa shape index (κ1) is 19.7. The van der Waals surface area contributed by atoms with E-state index >= 15 is 0 Å². The maximum atomic E-state index is 11.9. The summed E-state index contributed by atoms with van der Waals surface area (Å²) in [5.74, 6) is 0.639. The minimum Gasteiger partial charge on any atom is -0.492 e. The standard InChI is InChI=1S/C19H22N2O2.ClH/c1-21(2)14-15-23-18-11-9-17(10-12-18)20-19(22)13-8-16-6-4-3-5-7-16;/h3-13H,14-15H2,1-2H3,(H,20,22);1H. The van der Waals surface area contributed by atoms with Gasteiger partial charge in [-0.2, -0.15) is 0 Å². The lowest BCUT2D eigenvalue weighted by atomic mass is 10.2.